The minimum absolute atomic E-state index is 0.0294. The summed E-state index contributed by atoms with van der Waals surface area (Å²) in [6, 6.07) is 4.27. The first-order valence-corrected chi connectivity index (χ1v) is 9.93. The van der Waals surface area contributed by atoms with Gasteiger partial charge in [0.1, 0.15) is 0 Å². The van der Waals surface area contributed by atoms with Gasteiger partial charge in [0.2, 0.25) is 0 Å². The van der Waals surface area contributed by atoms with Crippen molar-refractivity contribution in [2.24, 2.45) is 7.05 Å². The van der Waals surface area contributed by atoms with E-state index in [1.54, 1.807) is 24.0 Å². The summed E-state index contributed by atoms with van der Waals surface area (Å²) in [5, 5.41) is 8.75. The van der Waals surface area contributed by atoms with E-state index in [1.165, 1.54) is 17.1 Å². The van der Waals surface area contributed by atoms with E-state index in [0.717, 1.165) is 5.56 Å². The summed E-state index contributed by atoms with van der Waals surface area (Å²) >= 11 is 0. The molecule has 0 saturated heterocycles. The van der Waals surface area contributed by atoms with Crippen LogP contribution >= 0.6 is 10.7 Å². The van der Waals surface area contributed by atoms with Gasteiger partial charge in [0.25, 0.3) is 15.0 Å². The predicted octanol–water partition coefficient (Wildman–Crippen LogP) is 1.31. The molecule has 0 saturated carbocycles. The highest BCUT2D eigenvalue weighted by atomic mass is 35.7. The molecular weight excluding hydrogens is 366 g/mol. The van der Waals surface area contributed by atoms with Gasteiger partial charge in [-0.15, -0.1) is 0 Å². The number of hydrogen-bond donors (Lipinski definition) is 2. The minimum atomic E-state index is -3.93. The minimum Gasteiger partial charge on any atom is -0.381 e. The number of hydrogen-bond acceptors (Lipinski definition) is 6. The Morgan fingerprint density at radius 3 is 2.80 bits per heavy atom. The maximum atomic E-state index is 12.9. The smallest absolute Gasteiger partial charge is 0.270 e. The Hall–Kier alpha value is -2.10. The monoisotopic (exact) mass is 383 g/mol. The first-order chi connectivity index (χ1) is 11.7. The fourth-order valence-corrected chi connectivity index (χ4v) is 3.40. The molecule has 1 atom stereocenters. The summed E-state index contributed by atoms with van der Waals surface area (Å²) < 4.78 is 24.9. The number of anilines is 1. The number of carbonyl (C=O) groups is 1. The molecule has 0 bridgehead atoms. The average molecular weight is 384 g/mol. The zero-order chi connectivity index (χ0) is 18.2. The highest BCUT2D eigenvalue weighted by Gasteiger charge is 2.25. The number of amides is 1. The fraction of sp³-hybridized carbons (Fsp3) is 0.333. The summed E-state index contributed by atoms with van der Waals surface area (Å²) in [5.74, 6) is -0.347. The number of halogens is 1. The van der Waals surface area contributed by atoms with Crippen LogP contribution in [0.5, 0.6) is 0 Å². The van der Waals surface area contributed by atoms with Gasteiger partial charge >= 0.3 is 0 Å². The number of fused-ring (bicyclic) bond motifs is 1. The van der Waals surface area contributed by atoms with Crippen LogP contribution in [0.3, 0.4) is 0 Å². The third kappa shape index (κ3) is 3.94. The third-order valence-corrected chi connectivity index (χ3v) is 5.19. The number of benzene rings is 1. The molecule has 1 aromatic carbocycles. The molecule has 134 valence electrons. The van der Waals surface area contributed by atoms with E-state index in [9.17, 15) is 13.2 Å². The zero-order valence-corrected chi connectivity index (χ0v) is 15.3. The lowest BCUT2D eigenvalue weighted by Gasteiger charge is -2.30. The standard InChI is InChI=1S/C15H18ClN5O3S/c1-10-6-18-21(9-11-7-17-20(2)8-11)15(22)13-5-12(25(16,23)24)3-4-14(13)19-10/h3-5,7-8,10,18-19H,6,9H2,1-2H3/t10-/m1/s1. The van der Waals surface area contributed by atoms with E-state index < -0.39 is 9.05 Å². The third-order valence-electron chi connectivity index (χ3n) is 3.84. The molecule has 3 rings (SSSR count). The van der Waals surface area contributed by atoms with E-state index in [4.69, 9.17) is 10.7 Å². The van der Waals surface area contributed by atoms with Gasteiger partial charge in [0, 0.05) is 47.8 Å². The molecule has 0 fully saturated rings. The Balaban J connectivity index is 2.00. The molecule has 1 aliphatic heterocycles. The molecular formula is C15H18ClN5O3S. The largest absolute Gasteiger partial charge is 0.381 e. The first-order valence-electron chi connectivity index (χ1n) is 7.62. The van der Waals surface area contributed by atoms with Crippen LogP contribution in [-0.2, 0) is 22.6 Å². The number of nitrogens with zero attached hydrogens (tertiary/aromatic N) is 3. The average Bonchev–Trinajstić information content (AvgIpc) is 2.94. The molecule has 1 aliphatic rings. The van der Waals surface area contributed by atoms with Crippen LogP contribution in [0, 0.1) is 0 Å². The second-order valence-electron chi connectivity index (χ2n) is 5.97. The summed E-state index contributed by atoms with van der Waals surface area (Å²) in [6.45, 7) is 2.79. The Morgan fingerprint density at radius 1 is 1.40 bits per heavy atom. The lowest BCUT2D eigenvalue weighted by Crippen LogP contribution is -2.48. The van der Waals surface area contributed by atoms with Crippen molar-refractivity contribution < 1.29 is 13.2 Å². The van der Waals surface area contributed by atoms with E-state index in [-0.39, 0.29) is 22.4 Å². The highest BCUT2D eigenvalue weighted by molar-refractivity contribution is 8.13. The molecule has 25 heavy (non-hydrogen) atoms. The SMILES string of the molecule is C[C@@H]1CNN(Cc2cnn(C)c2)C(=O)c2cc(S(=O)(=O)Cl)ccc2N1. The Bertz CT molecular complexity index is 912. The maximum absolute atomic E-state index is 12.9. The number of nitrogens with one attached hydrogen (secondary N) is 2. The van der Waals surface area contributed by atoms with Crippen LogP contribution in [-0.4, -0.2) is 41.7 Å². The molecule has 0 unspecified atom stereocenters. The first kappa shape index (κ1) is 17.7. The number of aryl methyl sites for hydroxylation is 1. The van der Waals surface area contributed by atoms with Crippen molar-refractivity contribution in [3.05, 3.63) is 41.7 Å². The van der Waals surface area contributed by atoms with Gasteiger partial charge in [-0.2, -0.15) is 5.10 Å². The fourth-order valence-electron chi connectivity index (χ4n) is 2.62. The van der Waals surface area contributed by atoms with Crippen LogP contribution in [0.1, 0.15) is 22.8 Å². The summed E-state index contributed by atoms with van der Waals surface area (Å²) in [5.41, 5.74) is 4.74. The van der Waals surface area contributed by atoms with Gasteiger partial charge in [-0.05, 0) is 25.1 Å². The molecule has 0 spiro atoms. The van der Waals surface area contributed by atoms with Gasteiger partial charge in [-0.25, -0.2) is 13.8 Å². The van der Waals surface area contributed by atoms with Gasteiger partial charge in [-0.3, -0.25) is 14.5 Å². The van der Waals surface area contributed by atoms with Crippen LogP contribution in [0.4, 0.5) is 5.69 Å². The van der Waals surface area contributed by atoms with Crippen LogP contribution in [0.25, 0.3) is 0 Å². The number of rotatable bonds is 3. The molecule has 0 radical (unpaired) electrons. The van der Waals surface area contributed by atoms with Crippen LogP contribution in [0.2, 0.25) is 0 Å². The molecule has 2 N–H and O–H groups in total. The molecule has 2 aromatic rings. The summed E-state index contributed by atoms with van der Waals surface area (Å²) in [6.07, 6.45) is 3.49. The van der Waals surface area contributed by atoms with Gasteiger partial charge in [0.15, 0.2) is 0 Å². The van der Waals surface area contributed by atoms with Crippen molar-refractivity contribution in [1.29, 1.82) is 0 Å². The van der Waals surface area contributed by atoms with Crippen molar-refractivity contribution >= 4 is 31.3 Å². The molecule has 0 aliphatic carbocycles. The Morgan fingerprint density at radius 2 is 2.16 bits per heavy atom. The second kappa shape index (κ2) is 6.66. The van der Waals surface area contributed by atoms with E-state index in [2.05, 4.69) is 15.8 Å². The molecule has 1 aromatic heterocycles. The lowest BCUT2D eigenvalue weighted by molar-refractivity contribution is 0.0634. The van der Waals surface area contributed by atoms with Crippen LogP contribution < -0.4 is 10.7 Å². The molecule has 2 heterocycles. The van der Waals surface area contributed by atoms with Crippen molar-refractivity contribution in [1.82, 2.24) is 20.2 Å². The second-order valence-corrected chi connectivity index (χ2v) is 8.53. The van der Waals surface area contributed by atoms with Gasteiger partial charge in [0.05, 0.1) is 23.2 Å². The van der Waals surface area contributed by atoms with Crippen molar-refractivity contribution in [3.8, 4) is 0 Å². The van der Waals surface area contributed by atoms with E-state index in [1.807, 2.05) is 13.1 Å². The number of carbonyl (C=O) groups excluding carboxylic acids is 1. The normalized spacial score (nSPS) is 18.3. The topological polar surface area (TPSA) is 96.3 Å². The van der Waals surface area contributed by atoms with Crippen molar-refractivity contribution in [2.45, 2.75) is 24.4 Å². The van der Waals surface area contributed by atoms with Gasteiger partial charge in [-0.1, -0.05) is 0 Å². The van der Waals surface area contributed by atoms with E-state index >= 15 is 0 Å². The highest BCUT2D eigenvalue weighted by Crippen LogP contribution is 2.26. The Labute approximate surface area is 150 Å². The number of aromatic nitrogens is 2. The van der Waals surface area contributed by atoms with Crippen molar-refractivity contribution in [3.63, 3.8) is 0 Å². The van der Waals surface area contributed by atoms with E-state index in [0.29, 0.717) is 18.8 Å². The molecule has 8 nitrogen and oxygen atoms in total. The lowest BCUT2D eigenvalue weighted by atomic mass is 10.1. The molecule has 10 heteroatoms. The predicted molar refractivity (Wildman–Crippen MR) is 93.6 cm³/mol. The van der Waals surface area contributed by atoms with Crippen molar-refractivity contribution in [2.75, 3.05) is 11.9 Å². The van der Waals surface area contributed by atoms with Gasteiger partial charge < -0.3 is 5.32 Å². The molecule has 1 amide bonds. The summed E-state index contributed by atoms with van der Waals surface area (Å²) in [7, 11) is 3.29. The van der Waals surface area contributed by atoms with Crippen LogP contribution in [0.15, 0.2) is 35.5 Å². The maximum Gasteiger partial charge on any atom is 0.270 e. The Kier molecular flexibility index (Phi) is 4.72. The quantitative estimate of drug-likeness (QED) is 0.776. The zero-order valence-electron chi connectivity index (χ0n) is 13.7. The number of hydrazine groups is 1. The summed E-state index contributed by atoms with van der Waals surface area (Å²) in [4.78, 5) is 12.8.